The van der Waals surface area contributed by atoms with Gasteiger partial charge in [0.05, 0.1) is 12.2 Å². The molecule has 1 N–H and O–H groups in total. The van der Waals surface area contributed by atoms with Gasteiger partial charge in [0, 0.05) is 12.3 Å². The van der Waals surface area contributed by atoms with Crippen molar-refractivity contribution in [3.63, 3.8) is 0 Å². The Hall–Kier alpha value is -2.06. The molecular weight excluding hydrogens is 316 g/mol. The molecule has 0 aliphatic heterocycles. The lowest BCUT2D eigenvalue weighted by Crippen LogP contribution is -2.44. The highest BCUT2D eigenvalue weighted by molar-refractivity contribution is 5.97. The van der Waals surface area contributed by atoms with Crippen LogP contribution in [0.3, 0.4) is 0 Å². The van der Waals surface area contributed by atoms with E-state index < -0.39 is 5.60 Å². The van der Waals surface area contributed by atoms with Crippen LogP contribution in [0, 0.1) is 17.2 Å². The Morgan fingerprint density at radius 3 is 2.52 bits per heavy atom. The second kappa shape index (κ2) is 10.0. The first kappa shape index (κ1) is 21.0. The third kappa shape index (κ3) is 6.39. The molecule has 0 aliphatic rings. The van der Waals surface area contributed by atoms with Crippen LogP contribution in [0.4, 0.5) is 5.69 Å². The summed E-state index contributed by atoms with van der Waals surface area (Å²) in [4.78, 5) is 12.8. The maximum absolute atomic E-state index is 12.8. The predicted molar refractivity (Wildman–Crippen MR) is 99.7 cm³/mol. The summed E-state index contributed by atoms with van der Waals surface area (Å²) in [5.41, 5.74) is 0.0840. The van der Waals surface area contributed by atoms with Crippen LogP contribution in [0.5, 0.6) is 5.75 Å². The van der Waals surface area contributed by atoms with Crippen LogP contribution in [-0.4, -0.2) is 24.7 Å². The SMILES string of the molecule is CCCOc1ccc(NC(=O)[C@](C)(CC(C)C)OCCC)cc1C#N. The van der Waals surface area contributed by atoms with Crippen molar-refractivity contribution in [1.29, 1.82) is 5.26 Å². The molecule has 0 unspecified atom stereocenters. The van der Waals surface area contributed by atoms with E-state index in [0.29, 0.717) is 42.6 Å². The lowest BCUT2D eigenvalue weighted by atomic mass is 9.93. The number of nitrogens with one attached hydrogen (secondary N) is 1. The van der Waals surface area contributed by atoms with E-state index in [2.05, 4.69) is 25.2 Å². The Morgan fingerprint density at radius 2 is 1.96 bits per heavy atom. The van der Waals surface area contributed by atoms with Crippen molar-refractivity contribution < 1.29 is 14.3 Å². The first-order valence-electron chi connectivity index (χ1n) is 8.98. The van der Waals surface area contributed by atoms with Gasteiger partial charge >= 0.3 is 0 Å². The van der Waals surface area contributed by atoms with Crippen LogP contribution < -0.4 is 10.1 Å². The zero-order valence-corrected chi connectivity index (χ0v) is 16.0. The number of rotatable bonds is 10. The fraction of sp³-hybridized carbons (Fsp3) is 0.600. The quantitative estimate of drug-likeness (QED) is 0.676. The van der Waals surface area contributed by atoms with Gasteiger partial charge < -0.3 is 14.8 Å². The first-order chi connectivity index (χ1) is 11.9. The van der Waals surface area contributed by atoms with Gasteiger partial charge in [0.15, 0.2) is 0 Å². The lowest BCUT2D eigenvalue weighted by molar-refractivity contribution is -0.141. The highest BCUT2D eigenvalue weighted by atomic mass is 16.5. The molecular formula is C20H30N2O3. The smallest absolute Gasteiger partial charge is 0.256 e. The molecule has 25 heavy (non-hydrogen) atoms. The van der Waals surface area contributed by atoms with E-state index in [1.165, 1.54) is 0 Å². The van der Waals surface area contributed by atoms with Gasteiger partial charge in [0.25, 0.3) is 5.91 Å². The molecule has 1 rings (SSSR count). The average molecular weight is 346 g/mol. The van der Waals surface area contributed by atoms with Gasteiger partial charge in [0.2, 0.25) is 0 Å². The maximum atomic E-state index is 12.8. The highest BCUT2D eigenvalue weighted by Crippen LogP contribution is 2.26. The topological polar surface area (TPSA) is 71.3 Å². The molecule has 138 valence electrons. The minimum atomic E-state index is -0.894. The van der Waals surface area contributed by atoms with E-state index in [4.69, 9.17) is 9.47 Å². The predicted octanol–water partition coefficient (Wildman–Crippen LogP) is 4.52. The molecule has 0 saturated heterocycles. The Bertz CT molecular complexity index is 607. The van der Waals surface area contributed by atoms with Crippen LogP contribution in [0.25, 0.3) is 0 Å². The maximum Gasteiger partial charge on any atom is 0.256 e. The number of nitriles is 1. The zero-order chi connectivity index (χ0) is 18.9. The Labute approximate surface area is 151 Å². The lowest BCUT2D eigenvalue weighted by Gasteiger charge is -2.30. The molecule has 0 aliphatic carbocycles. The van der Waals surface area contributed by atoms with E-state index in [9.17, 15) is 10.1 Å². The van der Waals surface area contributed by atoms with Crippen molar-refractivity contribution in [3.05, 3.63) is 23.8 Å². The van der Waals surface area contributed by atoms with E-state index in [1.807, 2.05) is 20.8 Å². The highest BCUT2D eigenvalue weighted by Gasteiger charge is 2.35. The summed E-state index contributed by atoms with van der Waals surface area (Å²) in [6.07, 6.45) is 2.34. The Kier molecular flexibility index (Phi) is 8.44. The molecule has 1 aromatic rings. The van der Waals surface area contributed by atoms with Gasteiger partial charge in [0.1, 0.15) is 17.4 Å². The van der Waals surface area contributed by atoms with Gasteiger partial charge in [-0.3, -0.25) is 4.79 Å². The van der Waals surface area contributed by atoms with Gasteiger partial charge in [-0.1, -0.05) is 27.7 Å². The molecule has 5 nitrogen and oxygen atoms in total. The number of carbonyl (C=O) groups excluding carboxylic acids is 1. The molecule has 0 heterocycles. The fourth-order valence-corrected chi connectivity index (χ4v) is 2.62. The van der Waals surface area contributed by atoms with Crippen LogP contribution in [-0.2, 0) is 9.53 Å². The molecule has 1 atom stereocenters. The van der Waals surface area contributed by atoms with Gasteiger partial charge in [-0.05, 0) is 50.3 Å². The summed E-state index contributed by atoms with van der Waals surface area (Å²) < 4.78 is 11.4. The summed E-state index contributed by atoms with van der Waals surface area (Å²) >= 11 is 0. The number of carbonyl (C=O) groups is 1. The van der Waals surface area contributed by atoms with Crippen LogP contribution >= 0.6 is 0 Å². The van der Waals surface area contributed by atoms with Crippen LogP contribution in [0.2, 0.25) is 0 Å². The molecule has 0 fully saturated rings. The Balaban J connectivity index is 2.94. The number of benzene rings is 1. The molecule has 0 saturated carbocycles. The fourth-order valence-electron chi connectivity index (χ4n) is 2.62. The van der Waals surface area contributed by atoms with Crippen molar-refractivity contribution in [2.45, 2.75) is 59.5 Å². The minimum absolute atomic E-state index is 0.194. The van der Waals surface area contributed by atoms with Crippen molar-refractivity contribution in [3.8, 4) is 11.8 Å². The number of nitrogens with zero attached hydrogens (tertiary/aromatic N) is 1. The summed E-state index contributed by atoms with van der Waals surface area (Å²) in [6.45, 7) is 11.1. The molecule has 0 bridgehead atoms. The standard InChI is InChI=1S/C20H30N2O3/c1-6-10-24-18-9-8-17(12-16(18)14-21)22-19(23)20(5,13-15(3)4)25-11-7-2/h8-9,12,15H,6-7,10-11,13H2,1-5H3,(H,22,23)/t20-/m0/s1. The molecule has 1 aromatic carbocycles. The molecule has 0 aromatic heterocycles. The van der Waals surface area contributed by atoms with E-state index in [0.717, 1.165) is 12.8 Å². The van der Waals surface area contributed by atoms with Crippen molar-refractivity contribution in [1.82, 2.24) is 0 Å². The number of ether oxygens (including phenoxy) is 2. The summed E-state index contributed by atoms with van der Waals surface area (Å²) in [5, 5.41) is 12.2. The third-order valence-corrected chi connectivity index (χ3v) is 3.72. The van der Waals surface area contributed by atoms with Gasteiger partial charge in [-0.15, -0.1) is 0 Å². The summed E-state index contributed by atoms with van der Waals surface area (Å²) in [7, 11) is 0. The summed E-state index contributed by atoms with van der Waals surface area (Å²) in [6, 6.07) is 7.22. The van der Waals surface area contributed by atoms with Crippen molar-refractivity contribution >= 4 is 11.6 Å². The minimum Gasteiger partial charge on any atom is -0.492 e. The third-order valence-electron chi connectivity index (χ3n) is 3.72. The van der Waals surface area contributed by atoms with Gasteiger partial charge in [-0.2, -0.15) is 5.26 Å². The number of hydrogen-bond acceptors (Lipinski definition) is 4. The van der Waals surface area contributed by atoms with E-state index in [1.54, 1.807) is 18.2 Å². The normalized spacial score (nSPS) is 13.2. The number of anilines is 1. The van der Waals surface area contributed by atoms with Crippen LogP contribution in [0.1, 0.15) is 59.4 Å². The second-order valence-corrected chi connectivity index (χ2v) is 6.80. The second-order valence-electron chi connectivity index (χ2n) is 6.80. The largest absolute Gasteiger partial charge is 0.492 e. The first-order valence-corrected chi connectivity index (χ1v) is 8.98. The van der Waals surface area contributed by atoms with Crippen molar-refractivity contribution in [2.75, 3.05) is 18.5 Å². The molecule has 0 radical (unpaired) electrons. The van der Waals surface area contributed by atoms with E-state index >= 15 is 0 Å². The average Bonchev–Trinajstić information content (AvgIpc) is 2.58. The molecule has 0 spiro atoms. The monoisotopic (exact) mass is 346 g/mol. The molecule has 5 heteroatoms. The van der Waals surface area contributed by atoms with Gasteiger partial charge in [-0.25, -0.2) is 0 Å². The zero-order valence-electron chi connectivity index (χ0n) is 16.0. The van der Waals surface area contributed by atoms with E-state index in [-0.39, 0.29) is 5.91 Å². The Morgan fingerprint density at radius 1 is 1.28 bits per heavy atom. The van der Waals surface area contributed by atoms with Crippen molar-refractivity contribution in [2.24, 2.45) is 5.92 Å². The van der Waals surface area contributed by atoms with Crippen LogP contribution in [0.15, 0.2) is 18.2 Å². The summed E-state index contributed by atoms with van der Waals surface area (Å²) in [5.74, 6) is 0.669. The number of amides is 1. The molecule has 1 amide bonds. The number of hydrogen-bond donors (Lipinski definition) is 1.